The Morgan fingerprint density at radius 1 is 1.40 bits per heavy atom. The number of hydrogen-bond acceptors (Lipinski definition) is 2. The number of hydrogen-bond donors (Lipinski definition) is 1. The predicted molar refractivity (Wildman–Crippen MR) is 59.4 cm³/mol. The van der Waals surface area contributed by atoms with E-state index in [1.165, 1.54) is 25.7 Å². The van der Waals surface area contributed by atoms with Crippen LogP contribution >= 0.6 is 0 Å². The van der Waals surface area contributed by atoms with Gasteiger partial charge in [0.15, 0.2) is 0 Å². The van der Waals surface area contributed by atoms with Gasteiger partial charge in [-0.15, -0.1) is 0 Å². The Morgan fingerprint density at radius 2 is 2.00 bits per heavy atom. The largest absolute Gasteiger partial charge is 0.346 e. The maximum Gasteiger partial charge on any atom is 0.220 e. The van der Waals surface area contributed by atoms with Crippen molar-refractivity contribution < 1.29 is 9.59 Å². The van der Waals surface area contributed by atoms with Crippen molar-refractivity contribution in [3.05, 3.63) is 0 Å². The Hall–Kier alpha value is -0.860. The molecule has 3 nitrogen and oxygen atoms in total. The summed E-state index contributed by atoms with van der Waals surface area (Å²) in [6.45, 7) is 3.88. The molecule has 15 heavy (non-hydrogen) atoms. The minimum Gasteiger partial charge on any atom is -0.346 e. The van der Waals surface area contributed by atoms with Crippen molar-refractivity contribution in [2.75, 3.05) is 0 Å². The molecular weight excluding hydrogens is 190 g/mol. The Bertz CT molecular complexity index is 220. The smallest absolute Gasteiger partial charge is 0.220 e. The lowest BCUT2D eigenvalue weighted by Gasteiger charge is -2.17. The zero-order chi connectivity index (χ0) is 11.3. The Labute approximate surface area is 91.6 Å². The van der Waals surface area contributed by atoms with Crippen molar-refractivity contribution in [1.82, 2.24) is 5.32 Å². The van der Waals surface area contributed by atoms with Crippen molar-refractivity contribution in [3.63, 3.8) is 0 Å². The number of carbonyl (C=O) groups is 2. The van der Waals surface area contributed by atoms with Gasteiger partial charge in [-0.3, -0.25) is 4.79 Å². The van der Waals surface area contributed by atoms with Gasteiger partial charge in [-0.25, -0.2) is 0 Å². The van der Waals surface area contributed by atoms with Crippen LogP contribution in [0.5, 0.6) is 0 Å². The SMILES string of the molecule is CC(C)C(C=O)NC(=O)CC1CCCC1. The second-order valence-corrected chi connectivity index (χ2v) is 4.83. The number of amides is 1. The van der Waals surface area contributed by atoms with Crippen LogP contribution in [0.25, 0.3) is 0 Å². The van der Waals surface area contributed by atoms with Crippen molar-refractivity contribution in [3.8, 4) is 0 Å². The van der Waals surface area contributed by atoms with Crippen molar-refractivity contribution in [1.29, 1.82) is 0 Å². The molecule has 1 N–H and O–H groups in total. The van der Waals surface area contributed by atoms with E-state index in [9.17, 15) is 9.59 Å². The fourth-order valence-corrected chi connectivity index (χ4v) is 2.08. The summed E-state index contributed by atoms with van der Waals surface area (Å²) < 4.78 is 0. The second-order valence-electron chi connectivity index (χ2n) is 4.83. The minimum atomic E-state index is -0.320. The summed E-state index contributed by atoms with van der Waals surface area (Å²) in [5.41, 5.74) is 0. The second kappa shape index (κ2) is 5.89. The molecule has 3 heteroatoms. The third-order valence-corrected chi connectivity index (χ3v) is 3.14. The fraction of sp³-hybridized carbons (Fsp3) is 0.833. The maximum absolute atomic E-state index is 11.6. The first-order valence-corrected chi connectivity index (χ1v) is 5.88. The summed E-state index contributed by atoms with van der Waals surface area (Å²) >= 11 is 0. The highest BCUT2D eigenvalue weighted by Gasteiger charge is 2.21. The number of rotatable bonds is 5. The Balaban J connectivity index is 2.30. The van der Waals surface area contributed by atoms with E-state index in [1.54, 1.807) is 0 Å². The van der Waals surface area contributed by atoms with Crippen LogP contribution in [0.15, 0.2) is 0 Å². The van der Waals surface area contributed by atoms with Gasteiger partial charge in [0.05, 0.1) is 6.04 Å². The summed E-state index contributed by atoms with van der Waals surface area (Å²) in [5, 5.41) is 2.79. The number of carbonyl (C=O) groups excluding carboxylic acids is 2. The molecule has 1 unspecified atom stereocenters. The lowest BCUT2D eigenvalue weighted by molar-refractivity contribution is -0.125. The number of nitrogens with one attached hydrogen (secondary N) is 1. The van der Waals surface area contributed by atoms with Gasteiger partial charge in [-0.1, -0.05) is 26.7 Å². The molecule has 0 aromatic rings. The molecule has 0 radical (unpaired) electrons. The van der Waals surface area contributed by atoms with Gasteiger partial charge in [0.25, 0.3) is 0 Å². The van der Waals surface area contributed by atoms with Gasteiger partial charge in [-0.2, -0.15) is 0 Å². The van der Waals surface area contributed by atoms with E-state index >= 15 is 0 Å². The van der Waals surface area contributed by atoms with E-state index in [0.717, 1.165) is 6.29 Å². The number of aldehydes is 1. The van der Waals surface area contributed by atoms with E-state index in [1.807, 2.05) is 13.8 Å². The lowest BCUT2D eigenvalue weighted by Crippen LogP contribution is -2.40. The van der Waals surface area contributed by atoms with Crippen LogP contribution in [-0.2, 0) is 9.59 Å². The van der Waals surface area contributed by atoms with Crippen LogP contribution in [-0.4, -0.2) is 18.2 Å². The van der Waals surface area contributed by atoms with E-state index in [4.69, 9.17) is 0 Å². The van der Waals surface area contributed by atoms with E-state index in [-0.39, 0.29) is 17.9 Å². The molecule has 0 saturated heterocycles. The molecule has 0 aromatic carbocycles. The van der Waals surface area contributed by atoms with Gasteiger partial charge in [0.1, 0.15) is 6.29 Å². The summed E-state index contributed by atoms with van der Waals surface area (Å²) in [6.07, 6.45) is 6.26. The summed E-state index contributed by atoms with van der Waals surface area (Å²) in [6, 6.07) is -0.320. The van der Waals surface area contributed by atoms with Crippen molar-refractivity contribution in [2.24, 2.45) is 11.8 Å². The minimum absolute atomic E-state index is 0.0349. The van der Waals surface area contributed by atoms with Crippen LogP contribution in [0.3, 0.4) is 0 Å². The van der Waals surface area contributed by atoms with Gasteiger partial charge in [-0.05, 0) is 24.7 Å². The van der Waals surface area contributed by atoms with Gasteiger partial charge in [0, 0.05) is 6.42 Å². The van der Waals surface area contributed by atoms with Crippen molar-refractivity contribution >= 4 is 12.2 Å². The topological polar surface area (TPSA) is 46.2 Å². The Kier molecular flexibility index (Phi) is 4.79. The molecule has 0 aliphatic heterocycles. The molecule has 0 heterocycles. The molecule has 1 saturated carbocycles. The third kappa shape index (κ3) is 4.02. The Morgan fingerprint density at radius 3 is 2.47 bits per heavy atom. The average molecular weight is 211 g/mol. The molecule has 0 spiro atoms. The van der Waals surface area contributed by atoms with Gasteiger partial charge in [0.2, 0.25) is 5.91 Å². The molecule has 86 valence electrons. The quantitative estimate of drug-likeness (QED) is 0.706. The molecule has 0 bridgehead atoms. The normalized spacial score (nSPS) is 19.1. The monoisotopic (exact) mass is 211 g/mol. The standard InChI is InChI=1S/C12H21NO2/c1-9(2)11(8-14)13-12(15)7-10-5-3-4-6-10/h8-11H,3-7H2,1-2H3,(H,13,15). The van der Waals surface area contributed by atoms with Gasteiger partial charge < -0.3 is 10.1 Å². The first-order valence-electron chi connectivity index (χ1n) is 5.88. The first-order chi connectivity index (χ1) is 7.13. The molecule has 1 aliphatic carbocycles. The zero-order valence-corrected chi connectivity index (χ0v) is 9.66. The third-order valence-electron chi connectivity index (χ3n) is 3.14. The van der Waals surface area contributed by atoms with E-state index in [0.29, 0.717) is 12.3 Å². The van der Waals surface area contributed by atoms with Crippen LogP contribution in [0, 0.1) is 11.8 Å². The highest BCUT2D eigenvalue weighted by Crippen LogP contribution is 2.27. The van der Waals surface area contributed by atoms with Crippen molar-refractivity contribution in [2.45, 2.75) is 52.0 Å². The molecule has 1 fully saturated rings. The summed E-state index contributed by atoms with van der Waals surface area (Å²) in [4.78, 5) is 22.3. The molecular formula is C12H21NO2. The molecule has 1 atom stereocenters. The van der Waals surface area contributed by atoms with Crippen LogP contribution in [0.4, 0.5) is 0 Å². The fourth-order valence-electron chi connectivity index (χ4n) is 2.08. The highest BCUT2D eigenvalue weighted by atomic mass is 16.2. The van der Waals surface area contributed by atoms with Crippen LogP contribution in [0.2, 0.25) is 0 Å². The van der Waals surface area contributed by atoms with Crippen LogP contribution < -0.4 is 5.32 Å². The molecule has 1 amide bonds. The summed E-state index contributed by atoms with van der Waals surface area (Å²) in [7, 11) is 0. The zero-order valence-electron chi connectivity index (χ0n) is 9.66. The van der Waals surface area contributed by atoms with Gasteiger partial charge >= 0.3 is 0 Å². The predicted octanol–water partition coefficient (Wildman–Crippen LogP) is 1.91. The van der Waals surface area contributed by atoms with E-state index in [2.05, 4.69) is 5.32 Å². The molecule has 0 aromatic heterocycles. The average Bonchev–Trinajstić information content (AvgIpc) is 2.66. The summed E-state index contributed by atoms with van der Waals surface area (Å²) in [5.74, 6) is 0.757. The van der Waals surface area contributed by atoms with E-state index < -0.39 is 0 Å². The maximum atomic E-state index is 11.6. The first kappa shape index (κ1) is 12.2. The molecule has 1 rings (SSSR count). The highest BCUT2D eigenvalue weighted by molar-refractivity contribution is 5.79. The van der Waals surface area contributed by atoms with Crippen LogP contribution in [0.1, 0.15) is 46.0 Å². The molecule has 1 aliphatic rings. The lowest BCUT2D eigenvalue weighted by atomic mass is 10.0.